The molecule has 1 aromatic heterocycles. The smallest absolute Gasteiger partial charge is 0.290 e. The average Bonchev–Trinajstić information content (AvgIpc) is 3.40. The van der Waals surface area contributed by atoms with Gasteiger partial charge in [0.1, 0.15) is 5.75 Å². The lowest BCUT2D eigenvalue weighted by molar-refractivity contribution is -0.130. The Hall–Kier alpha value is -4.52. The fourth-order valence-electron chi connectivity index (χ4n) is 4.27. The van der Waals surface area contributed by atoms with Gasteiger partial charge in [-0.1, -0.05) is 54.6 Å². The molecule has 0 saturated heterocycles. The number of phenols is 1. The highest BCUT2D eigenvalue weighted by atomic mass is 16.5. The molecule has 0 saturated carbocycles. The molecule has 0 fully saturated rings. The van der Waals surface area contributed by atoms with Gasteiger partial charge < -0.3 is 24.3 Å². The number of ether oxygens (including phenoxy) is 1. The van der Waals surface area contributed by atoms with Gasteiger partial charge in [0, 0.05) is 11.9 Å². The number of aliphatic hydroxyl groups excluding tert-OH is 1. The standard InChI is InChI=1S/C27H21NO6/c1-33-20-9-5-8-18-14-21(34-26(18)20)24(30)22-23(17-10-12-19(29)13-11-17)28(27(32)25(22)31)15-16-6-3-2-4-7-16/h2-14,23,29,31H,15H2,1H3. The van der Waals surface area contributed by atoms with Crippen LogP contribution in [-0.4, -0.2) is 33.9 Å². The van der Waals surface area contributed by atoms with Gasteiger partial charge in [-0.15, -0.1) is 0 Å². The van der Waals surface area contributed by atoms with Crippen molar-refractivity contribution < 1.29 is 29.0 Å². The van der Waals surface area contributed by atoms with Crippen LogP contribution in [0.25, 0.3) is 11.0 Å². The number of hydrogen-bond donors (Lipinski definition) is 2. The van der Waals surface area contributed by atoms with E-state index in [1.807, 2.05) is 30.3 Å². The van der Waals surface area contributed by atoms with Crippen molar-refractivity contribution in [3.63, 3.8) is 0 Å². The molecule has 34 heavy (non-hydrogen) atoms. The number of furan rings is 1. The van der Waals surface area contributed by atoms with E-state index in [-0.39, 0.29) is 23.6 Å². The number of phenolic OH excluding ortho intramolecular Hbond substituents is 1. The molecule has 7 heteroatoms. The summed E-state index contributed by atoms with van der Waals surface area (Å²) in [5, 5.41) is 21.3. The molecule has 0 bridgehead atoms. The summed E-state index contributed by atoms with van der Waals surface area (Å²) in [6, 6.07) is 21.5. The summed E-state index contributed by atoms with van der Waals surface area (Å²) in [5.41, 5.74) is 1.74. The van der Waals surface area contributed by atoms with Crippen LogP contribution in [0.15, 0.2) is 94.6 Å². The monoisotopic (exact) mass is 455 g/mol. The number of benzene rings is 3. The molecule has 4 aromatic rings. The van der Waals surface area contributed by atoms with Gasteiger partial charge in [0.2, 0.25) is 5.78 Å². The second-order valence-electron chi connectivity index (χ2n) is 7.99. The van der Waals surface area contributed by atoms with Crippen LogP contribution in [0.2, 0.25) is 0 Å². The number of carbonyl (C=O) groups excluding carboxylic acids is 2. The molecule has 7 nitrogen and oxygen atoms in total. The van der Waals surface area contributed by atoms with Crippen molar-refractivity contribution in [2.24, 2.45) is 0 Å². The Kier molecular flexibility index (Phi) is 5.30. The minimum absolute atomic E-state index is 0.0146. The van der Waals surface area contributed by atoms with Gasteiger partial charge >= 0.3 is 0 Å². The number of nitrogens with zero attached hydrogens (tertiary/aromatic N) is 1. The third-order valence-corrected chi connectivity index (χ3v) is 5.90. The summed E-state index contributed by atoms with van der Waals surface area (Å²) >= 11 is 0. The molecule has 0 spiro atoms. The molecule has 1 amide bonds. The van der Waals surface area contributed by atoms with Gasteiger partial charge in [-0.2, -0.15) is 0 Å². The van der Waals surface area contributed by atoms with E-state index < -0.39 is 23.5 Å². The number of carbonyl (C=O) groups is 2. The zero-order valence-electron chi connectivity index (χ0n) is 18.3. The Morgan fingerprint density at radius 3 is 2.44 bits per heavy atom. The molecule has 5 rings (SSSR count). The summed E-state index contributed by atoms with van der Waals surface area (Å²) in [6.07, 6.45) is 0. The van der Waals surface area contributed by atoms with Gasteiger partial charge in [-0.05, 0) is 35.4 Å². The van der Waals surface area contributed by atoms with Crippen molar-refractivity contribution in [3.8, 4) is 11.5 Å². The normalized spacial score (nSPS) is 15.9. The van der Waals surface area contributed by atoms with Crippen LogP contribution < -0.4 is 4.74 Å². The molecule has 170 valence electrons. The molecule has 1 aliphatic heterocycles. The number of amides is 1. The van der Waals surface area contributed by atoms with E-state index in [9.17, 15) is 19.8 Å². The summed E-state index contributed by atoms with van der Waals surface area (Å²) < 4.78 is 11.1. The number of aliphatic hydroxyl groups is 1. The zero-order chi connectivity index (χ0) is 23.8. The first-order valence-electron chi connectivity index (χ1n) is 10.7. The molecule has 2 N–H and O–H groups in total. The van der Waals surface area contributed by atoms with Crippen molar-refractivity contribution >= 4 is 22.7 Å². The zero-order valence-corrected chi connectivity index (χ0v) is 18.3. The van der Waals surface area contributed by atoms with E-state index in [0.717, 1.165) is 5.56 Å². The van der Waals surface area contributed by atoms with Crippen LogP contribution in [0.1, 0.15) is 27.7 Å². The highest BCUT2D eigenvalue weighted by molar-refractivity contribution is 6.16. The molecule has 3 aromatic carbocycles. The molecule has 0 radical (unpaired) electrons. The van der Waals surface area contributed by atoms with Crippen LogP contribution in [0, 0.1) is 0 Å². The summed E-state index contributed by atoms with van der Waals surface area (Å²) in [5.74, 6) is -1.37. The number of rotatable bonds is 6. The summed E-state index contributed by atoms with van der Waals surface area (Å²) in [7, 11) is 1.51. The summed E-state index contributed by atoms with van der Waals surface area (Å²) in [6.45, 7) is 0.181. The van der Waals surface area contributed by atoms with E-state index in [0.29, 0.717) is 22.3 Å². The Morgan fingerprint density at radius 2 is 1.74 bits per heavy atom. The molecule has 1 atom stereocenters. The Bertz CT molecular complexity index is 1420. The van der Waals surface area contributed by atoms with Crippen molar-refractivity contribution in [2.75, 3.05) is 7.11 Å². The van der Waals surface area contributed by atoms with Crippen LogP contribution in [0.4, 0.5) is 0 Å². The first kappa shape index (κ1) is 21.3. The van der Waals surface area contributed by atoms with Crippen molar-refractivity contribution in [1.29, 1.82) is 0 Å². The SMILES string of the molecule is COc1cccc2cc(C(=O)C3=C(O)C(=O)N(Cc4ccccc4)C3c3ccc(O)cc3)oc12. The Balaban J connectivity index is 1.60. The third-order valence-electron chi connectivity index (χ3n) is 5.90. The highest BCUT2D eigenvalue weighted by Gasteiger charge is 2.44. The van der Waals surface area contributed by atoms with E-state index in [1.165, 1.54) is 24.1 Å². The van der Waals surface area contributed by atoms with Gasteiger partial charge in [0.05, 0.1) is 18.7 Å². The van der Waals surface area contributed by atoms with Crippen LogP contribution in [0.5, 0.6) is 11.5 Å². The van der Waals surface area contributed by atoms with E-state index >= 15 is 0 Å². The highest BCUT2D eigenvalue weighted by Crippen LogP contribution is 2.41. The number of para-hydroxylation sites is 1. The third kappa shape index (κ3) is 3.57. The fourth-order valence-corrected chi connectivity index (χ4v) is 4.27. The Labute approximate surface area is 195 Å². The quantitative estimate of drug-likeness (QED) is 0.400. The molecule has 0 aliphatic carbocycles. The number of methoxy groups -OCH3 is 1. The minimum atomic E-state index is -0.865. The second kappa shape index (κ2) is 8.44. The van der Waals surface area contributed by atoms with Gasteiger partial charge in [0.25, 0.3) is 5.91 Å². The number of hydrogen-bond acceptors (Lipinski definition) is 6. The van der Waals surface area contributed by atoms with Crippen molar-refractivity contribution in [1.82, 2.24) is 4.90 Å². The van der Waals surface area contributed by atoms with E-state index in [1.54, 1.807) is 36.4 Å². The first-order chi connectivity index (χ1) is 16.5. The van der Waals surface area contributed by atoms with Crippen molar-refractivity contribution in [3.05, 3.63) is 107 Å². The van der Waals surface area contributed by atoms with Gasteiger partial charge in [-0.25, -0.2) is 0 Å². The van der Waals surface area contributed by atoms with Crippen LogP contribution in [0.3, 0.4) is 0 Å². The molecular formula is C27H21NO6. The maximum atomic E-state index is 13.6. The average molecular weight is 455 g/mol. The molecule has 2 heterocycles. The lowest BCUT2D eigenvalue weighted by Crippen LogP contribution is -2.30. The van der Waals surface area contributed by atoms with Crippen LogP contribution >= 0.6 is 0 Å². The van der Waals surface area contributed by atoms with Gasteiger partial charge in [-0.3, -0.25) is 9.59 Å². The maximum Gasteiger partial charge on any atom is 0.290 e. The van der Waals surface area contributed by atoms with E-state index in [4.69, 9.17) is 9.15 Å². The van der Waals surface area contributed by atoms with Gasteiger partial charge in [0.15, 0.2) is 22.9 Å². The maximum absolute atomic E-state index is 13.6. The predicted octanol–water partition coefficient (Wildman–Crippen LogP) is 4.93. The Morgan fingerprint density at radius 1 is 1.00 bits per heavy atom. The first-order valence-corrected chi connectivity index (χ1v) is 10.7. The lowest BCUT2D eigenvalue weighted by atomic mass is 9.94. The molecule has 1 unspecified atom stereocenters. The largest absolute Gasteiger partial charge is 0.508 e. The number of aromatic hydroxyl groups is 1. The number of ketones is 1. The lowest BCUT2D eigenvalue weighted by Gasteiger charge is -2.26. The van der Waals surface area contributed by atoms with E-state index in [2.05, 4.69) is 0 Å². The second-order valence-corrected chi connectivity index (χ2v) is 7.99. The number of fused-ring (bicyclic) bond motifs is 1. The molecule has 1 aliphatic rings. The topological polar surface area (TPSA) is 100 Å². The van der Waals surface area contributed by atoms with Crippen LogP contribution in [-0.2, 0) is 11.3 Å². The minimum Gasteiger partial charge on any atom is -0.508 e. The number of Topliss-reactive ketones (excluding diaryl/α,β-unsaturated/α-hetero) is 1. The predicted molar refractivity (Wildman–Crippen MR) is 125 cm³/mol. The summed E-state index contributed by atoms with van der Waals surface area (Å²) in [4.78, 5) is 28.2. The fraction of sp³-hybridized carbons (Fsp3) is 0.111. The molecular weight excluding hydrogens is 434 g/mol. The van der Waals surface area contributed by atoms with Crippen molar-refractivity contribution in [2.45, 2.75) is 12.6 Å².